The molecule has 0 saturated heterocycles. The normalized spacial score (nSPS) is 13.1. The second-order valence-corrected chi connectivity index (χ2v) is 8.43. The number of carbonyl (C=O) groups is 1. The van der Waals surface area contributed by atoms with E-state index in [1.165, 1.54) is 19.1 Å². The fourth-order valence-electron chi connectivity index (χ4n) is 1.46. The van der Waals surface area contributed by atoms with E-state index in [2.05, 4.69) is 21.2 Å². The van der Waals surface area contributed by atoms with Crippen LogP contribution in [0.5, 0.6) is 5.75 Å². The Morgan fingerprint density at radius 3 is 2.38 bits per heavy atom. The first-order valence-corrected chi connectivity index (χ1v) is 9.41. The van der Waals surface area contributed by atoms with Crippen molar-refractivity contribution in [3.05, 3.63) is 21.6 Å². The van der Waals surface area contributed by atoms with E-state index in [4.69, 9.17) is 27.0 Å². The predicted octanol–water partition coefficient (Wildman–Crippen LogP) is 3.32. The van der Waals surface area contributed by atoms with Crippen molar-refractivity contribution in [2.75, 3.05) is 0 Å². The Labute approximate surface area is 141 Å². The van der Waals surface area contributed by atoms with Crippen molar-refractivity contribution in [3.8, 4) is 5.75 Å². The Kier molecular flexibility index (Phi) is 6.34. The van der Waals surface area contributed by atoms with Crippen LogP contribution in [0.25, 0.3) is 0 Å². The summed E-state index contributed by atoms with van der Waals surface area (Å²) in [4.78, 5) is 11.5. The average molecular weight is 419 g/mol. The van der Waals surface area contributed by atoms with Crippen molar-refractivity contribution >= 4 is 53.2 Å². The van der Waals surface area contributed by atoms with Gasteiger partial charge in [0, 0.05) is 21.2 Å². The van der Waals surface area contributed by atoms with Gasteiger partial charge in [-0.15, -0.1) is 0 Å². The number of benzene rings is 1. The second kappa shape index (κ2) is 7.17. The van der Waals surface area contributed by atoms with Gasteiger partial charge in [0.15, 0.2) is 11.9 Å². The summed E-state index contributed by atoms with van der Waals surface area (Å²) in [6.07, 6.45) is -0.928. The molecule has 1 amide bonds. The van der Waals surface area contributed by atoms with Crippen LogP contribution in [0, 0.1) is 0 Å². The molecule has 118 valence electrons. The largest absolute Gasteiger partial charge is 0.478 e. The third kappa shape index (κ3) is 5.32. The van der Waals surface area contributed by atoms with Crippen LogP contribution in [0.15, 0.2) is 21.5 Å². The van der Waals surface area contributed by atoms with E-state index in [1.807, 2.05) is 0 Å². The molecule has 21 heavy (non-hydrogen) atoms. The summed E-state index contributed by atoms with van der Waals surface area (Å²) < 4.78 is 29.0. The molecule has 1 unspecified atom stereocenters. The first-order chi connectivity index (χ1) is 9.52. The molecular formula is C12H14BrCl2NO4S. The van der Waals surface area contributed by atoms with Gasteiger partial charge in [0.25, 0.3) is 15.0 Å². The lowest BCUT2D eigenvalue weighted by atomic mass is 10.3. The van der Waals surface area contributed by atoms with E-state index in [0.717, 1.165) is 0 Å². The molecule has 0 aliphatic carbocycles. The maximum Gasteiger partial charge on any atom is 0.265 e. The highest BCUT2D eigenvalue weighted by Gasteiger charge is 2.25. The van der Waals surface area contributed by atoms with Crippen LogP contribution < -0.4 is 10.1 Å². The molecule has 1 N–H and O–H groups in total. The Morgan fingerprint density at radius 2 is 1.90 bits per heavy atom. The third-order valence-electron chi connectivity index (χ3n) is 2.33. The van der Waals surface area contributed by atoms with Crippen molar-refractivity contribution in [2.45, 2.75) is 37.8 Å². The minimum Gasteiger partial charge on any atom is -0.478 e. The van der Waals surface area contributed by atoms with E-state index in [9.17, 15) is 13.2 Å². The zero-order valence-corrected chi connectivity index (χ0v) is 15.4. The number of carbonyl (C=O) groups excluding carboxylic acids is 1. The average Bonchev–Trinajstić information content (AvgIpc) is 2.29. The monoisotopic (exact) mass is 417 g/mol. The molecule has 1 aromatic rings. The lowest BCUT2D eigenvalue weighted by Gasteiger charge is -2.18. The van der Waals surface area contributed by atoms with Crippen LogP contribution in [0.4, 0.5) is 0 Å². The minimum absolute atomic E-state index is 0.0350. The number of rotatable bonds is 5. The van der Waals surface area contributed by atoms with Crippen molar-refractivity contribution in [1.82, 2.24) is 5.32 Å². The van der Waals surface area contributed by atoms with Crippen LogP contribution in [0.1, 0.15) is 20.8 Å². The maximum absolute atomic E-state index is 11.8. The van der Waals surface area contributed by atoms with E-state index >= 15 is 0 Å². The SMILES string of the molecule is CC(C)NC(=O)C(C)Oc1c(Cl)cc(Br)cc1S(=O)(=O)Cl. The van der Waals surface area contributed by atoms with Crippen molar-refractivity contribution in [1.29, 1.82) is 0 Å². The molecule has 1 rings (SSSR count). The van der Waals surface area contributed by atoms with E-state index in [0.29, 0.717) is 4.47 Å². The molecule has 0 aromatic heterocycles. The van der Waals surface area contributed by atoms with Gasteiger partial charge in [-0.1, -0.05) is 27.5 Å². The first-order valence-electron chi connectivity index (χ1n) is 5.93. The Hall–Kier alpha value is -0.500. The third-order valence-corrected chi connectivity index (χ3v) is 4.40. The van der Waals surface area contributed by atoms with Gasteiger partial charge in [0.05, 0.1) is 5.02 Å². The van der Waals surface area contributed by atoms with E-state index in [-0.39, 0.29) is 27.6 Å². The van der Waals surface area contributed by atoms with Crippen LogP contribution in [0.2, 0.25) is 5.02 Å². The fourth-order valence-corrected chi connectivity index (χ4v) is 3.52. The molecule has 0 saturated carbocycles. The number of nitrogens with one attached hydrogen (secondary N) is 1. The van der Waals surface area contributed by atoms with Crippen LogP contribution in [-0.4, -0.2) is 26.5 Å². The molecule has 0 heterocycles. The molecular weight excluding hydrogens is 405 g/mol. The molecule has 0 fully saturated rings. The summed E-state index contributed by atoms with van der Waals surface area (Å²) in [5.41, 5.74) is 0. The van der Waals surface area contributed by atoms with Crippen LogP contribution in [0.3, 0.4) is 0 Å². The lowest BCUT2D eigenvalue weighted by Crippen LogP contribution is -2.40. The fraction of sp³-hybridized carbons (Fsp3) is 0.417. The quantitative estimate of drug-likeness (QED) is 0.744. The summed E-state index contributed by atoms with van der Waals surface area (Å²) in [7, 11) is 1.30. The van der Waals surface area contributed by atoms with Gasteiger partial charge in [-0.25, -0.2) is 8.42 Å². The first kappa shape index (κ1) is 18.5. The summed E-state index contributed by atoms with van der Waals surface area (Å²) in [5, 5.41) is 2.69. The topological polar surface area (TPSA) is 72.5 Å². The zero-order chi connectivity index (χ0) is 16.4. The van der Waals surface area contributed by atoms with E-state index < -0.39 is 15.2 Å². The van der Waals surface area contributed by atoms with E-state index in [1.54, 1.807) is 13.8 Å². The van der Waals surface area contributed by atoms with Crippen molar-refractivity contribution in [2.24, 2.45) is 0 Å². The number of hydrogen-bond donors (Lipinski definition) is 1. The number of amides is 1. The molecule has 0 aliphatic rings. The van der Waals surface area contributed by atoms with Gasteiger partial charge in [-0.2, -0.15) is 0 Å². The van der Waals surface area contributed by atoms with Crippen LogP contribution in [-0.2, 0) is 13.8 Å². The van der Waals surface area contributed by atoms with Gasteiger partial charge in [0.2, 0.25) is 0 Å². The summed E-state index contributed by atoms with van der Waals surface area (Å²) >= 11 is 9.11. The Bertz CT molecular complexity index is 649. The smallest absolute Gasteiger partial charge is 0.265 e. The van der Waals surface area contributed by atoms with Gasteiger partial charge in [-0.3, -0.25) is 4.79 Å². The van der Waals surface area contributed by atoms with Gasteiger partial charge >= 0.3 is 0 Å². The number of ether oxygens (including phenoxy) is 1. The van der Waals surface area contributed by atoms with Gasteiger partial charge < -0.3 is 10.1 Å². The standard InChI is InChI=1S/C12H14BrCl2NO4S/c1-6(2)16-12(17)7(3)20-11-9(14)4-8(13)5-10(11)21(15,18)19/h4-7H,1-3H3,(H,16,17). The molecule has 1 aromatic carbocycles. The highest BCUT2D eigenvalue weighted by molar-refractivity contribution is 9.10. The maximum atomic E-state index is 11.8. The zero-order valence-electron chi connectivity index (χ0n) is 11.5. The molecule has 5 nitrogen and oxygen atoms in total. The predicted molar refractivity (Wildman–Crippen MR) is 85.6 cm³/mol. The van der Waals surface area contributed by atoms with Gasteiger partial charge in [-0.05, 0) is 32.9 Å². The molecule has 9 heteroatoms. The highest BCUT2D eigenvalue weighted by Crippen LogP contribution is 2.37. The highest BCUT2D eigenvalue weighted by atomic mass is 79.9. The minimum atomic E-state index is -4.07. The van der Waals surface area contributed by atoms with Crippen molar-refractivity contribution < 1.29 is 17.9 Å². The number of halogens is 3. The molecule has 0 spiro atoms. The summed E-state index contributed by atoms with van der Waals surface area (Å²) in [6.45, 7) is 5.08. The Balaban J connectivity index is 3.17. The summed E-state index contributed by atoms with van der Waals surface area (Å²) in [6, 6.07) is 2.65. The molecule has 0 aliphatic heterocycles. The summed E-state index contributed by atoms with van der Waals surface area (Å²) in [5.74, 6) is -0.539. The van der Waals surface area contributed by atoms with Crippen molar-refractivity contribution in [3.63, 3.8) is 0 Å². The molecule has 0 radical (unpaired) electrons. The van der Waals surface area contributed by atoms with Crippen LogP contribution >= 0.6 is 38.2 Å². The van der Waals surface area contributed by atoms with Gasteiger partial charge in [0.1, 0.15) is 4.90 Å². The molecule has 1 atom stereocenters. The lowest BCUT2D eigenvalue weighted by molar-refractivity contribution is -0.127. The second-order valence-electron chi connectivity index (χ2n) is 4.58. The number of hydrogen-bond acceptors (Lipinski definition) is 4. The molecule has 0 bridgehead atoms. The Morgan fingerprint density at radius 1 is 1.33 bits per heavy atom.